The lowest BCUT2D eigenvalue weighted by molar-refractivity contribution is -0.137. The van der Waals surface area contributed by atoms with Crippen LogP contribution in [-0.4, -0.2) is 62.0 Å². The number of likely N-dealkylation sites (tertiary alicyclic amines) is 1. The topological polar surface area (TPSA) is 114 Å². The summed E-state index contributed by atoms with van der Waals surface area (Å²) >= 11 is 0. The third kappa shape index (κ3) is 21.5. The Bertz CT molecular complexity index is 907. The molecule has 1 fully saturated rings. The quantitative estimate of drug-likeness (QED) is 0.137. The van der Waals surface area contributed by atoms with Crippen molar-refractivity contribution in [1.82, 2.24) is 15.5 Å². The number of carbonyl (C=O) groups excluding carboxylic acids is 4. The number of nitrogens with one attached hydrogen (secondary N) is 2. The fraction of sp³-hybridized carbons (Fsp3) is 0.636. The number of esters is 1. The molecule has 0 unspecified atom stereocenters. The highest BCUT2D eigenvalue weighted by molar-refractivity contribution is 6.05. The number of amides is 3. The van der Waals surface area contributed by atoms with Gasteiger partial charge >= 0.3 is 5.97 Å². The summed E-state index contributed by atoms with van der Waals surface area (Å²) in [5.41, 5.74) is 1.00. The van der Waals surface area contributed by atoms with Crippen LogP contribution >= 0.6 is 0 Å². The summed E-state index contributed by atoms with van der Waals surface area (Å²) in [6.45, 7) is 29.1. The molecule has 1 saturated heterocycles. The fourth-order valence-electron chi connectivity index (χ4n) is 2.78. The molecule has 242 valence electrons. The van der Waals surface area contributed by atoms with E-state index in [1.54, 1.807) is 13.2 Å². The minimum Gasteiger partial charge on any atom is -0.464 e. The number of allylic oxidation sites excluding steroid dienone is 2. The zero-order chi connectivity index (χ0) is 33.5. The molecule has 1 aliphatic rings. The minimum atomic E-state index is -0.772. The number of hydrogen-bond donors (Lipinski definition) is 2. The number of ether oxygens (including phenoxy) is 2. The van der Waals surface area contributed by atoms with Crippen LogP contribution in [0, 0.1) is 11.8 Å². The van der Waals surface area contributed by atoms with Crippen LogP contribution in [0.15, 0.2) is 47.9 Å². The van der Waals surface area contributed by atoms with E-state index in [1.165, 1.54) is 20.0 Å². The van der Waals surface area contributed by atoms with Crippen LogP contribution in [0.2, 0.25) is 0 Å². The van der Waals surface area contributed by atoms with Crippen molar-refractivity contribution in [1.29, 1.82) is 0 Å². The van der Waals surface area contributed by atoms with E-state index in [4.69, 9.17) is 4.74 Å². The molecule has 1 heterocycles. The summed E-state index contributed by atoms with van der Waals surface area (Å²) in [6, 6.07) is 0. The summed E-state index contributed by atoms with van der Waals surface area (Å²) in [5, 5.41) is 4.67. The summed E-state index contributed by atoms with van der Waals surface area (Å²) in [5.74, 6) is -0.777. The Hall–Kier alpha value is -3.20. The Morgan fingerprint density at radius 1 is 1.00 bits per heavy atom. The fourth-order valence-corrected chi connectivity index (χ4v) is 2.78. The molecule has 0 saturated carbocycles. The van der Waals surface area contributed by atoms with Crippen molar-refractivity contribution in [2.75, 3.05) is 27.3 Å². The van der Waals surface area contributed by atoms with E-state index in [1.807, 2.05) is 59.4 Å². The lowest BCUT2D eigenvalue weighted by Gasteiger charge is -2.26. The van der Waals surface area contributed by atoms with Gasteiger partial charge in [0.25, 0.3) is 11.8 Å². The van der Waals surface area contributed by atoms with Gasteiger partial charge in [0.1, 0.15) is 5.70 Å². The van der Waals surface area contributed by atoms with Crippen molar-refractivity contribution < 1.29 is 28.7 Å². The number of piperidine rings is 1. The molecule has 0 aromatic heterocycles. The second-order valence-electron chi connectivity index (χ2n) is 10.8. The van der Waals surface area contributed by atoms with Gasteiger partial charge in [0.15, 0.2) is 0 Å². The first-order valence-corrected chi connectivity index (χ1v) is 14.8. The van der Waals surface area contributed by atoms with Crippen molar-refractivity contribution in [3.8, 4) is 0 Å². The van der Waals surface area contributed by atoms with Crippen molar-refractivity contribution >= 4 is 24.2 Å². The Kier molecular flexibility index (Phi) is 25.1. The van der Waals surface area contributed by atoms with E-state index < -0.39 is 17.8 Å². The monoisotopic (exact) mass is 593 g/mol. The van der Waals surface area contributed by atoms with Crippen LogP contribution < -0.4 is 10.6 Å². The lowest BCUT2D eigenvalue weighted by atomic mass is 10.00. The SMILES string of the molecule is C=C(NC(=O)C(/C=C\[C@H](C)CC)=C(C)CC)C(=O)NC(=C)C(=O)OC.CC.CC1CCN(C=O)CC1.COC(C)(C)C. The van der Waals surface area contributed by atoms with Crippen molar-refractivity contribution in [3.05, 3.63) is 47.9 Å². The third-order valence-corrected chi connectivity index (χ3v) is 6.28. The van der Waals surface area contributed by atoms with E-state index >= 15 is 0 Å². The van der Waals surface area contributed by atoms with Gasteiger partial charge in [0.2, 0.25) is 6.41 Å². The highest BCUT2D eigenvalue weighted by atomic mass is 16.5. The lowest BCUT2D eigenvalue weighted by Crippen LogP contribution is -2.36. The Labute approximate surface area is 255 Å². The first-order chi connectivity index (χ1) is 19.6. The number of methoxy groups -OCH3 is 2. The molecule has 1 rings (SSSR count). The van der Waals surface area contributed by atoms with Gasteiger partial charge < -0.3 is 25.0 Å². The first kappa shape index (κ1) is 43.3. The average Bonchev–Trinajstić information content (AvgIpc) is 2.97. The maximum Gasteiger partial charge on any atom is 0.353 e. The van der Waals surface area contributed by atoms with E-state index in [0.29, 0.717) is 17.9 Å². The second-order valence-corrected chi connectivity index (χ2v) is 10.8. The van der Waals surface area contributed by atoms with Gasteiger partial charge in [0.05, 0.1) is 18.4 Å². The van der Waals surface area contributed by atoms with Crippen LogP contribution in [0.3, 0.4) is 0 Å². The maximum absolute atomic E-state index is 12.5. The second kappa shape index (κ2) is 24.4. The zero-order valence-corrected chi connectivity index (χ0v) is 28.4. The Morgan fingerprint density at radius 2 is 1.48 bits per heavy atom. The van der Waals surface area contributed by atoms with Crippen LogP contribution in [0.1, 0.15) is 94.9 Å². The Balaban J connectivity index is -0.000000721. The maximum atomic E-state index is 12.5. The summed E-state index contributed by atoms with van der Waals surface area (Å²) in [7, 11) is 2.88. The molecule has 0 aliphatic carbocycles. The molecule has 0 aromatic rings. The molecule has 3 amide bonds. The largest absolute Gasteiger partial charge is 0.464 e. The number of nitrogens with zero attached hydrogens (tertiary/aromatic N) is 1. The molecular weight excluding hydrogens is 534 g/mol. The summed E-state index contributed by atoms with van der Waals surface area (Å²) in [6.07, 6.45) is 8.69. The van der Waals surface area contributed by atoms with Gasteiger partial charge in [0, 0.05) is 25.8 Å². The molecule has 0 bridgehead atoms. The molecule has 2 N–H and O–H groups in total. The van der Waals surface area contributed by atoms with Crippen LogP contribution in [0.25, 0.3) is 0 Å². The van der Waals surface area contributed by atoms with Gasteiger partial charge in [-0.05, 0) is 58.8 Å². The number of rotatable bonds is 10. The van der Waals surface area contributed by atoms with Crippen molar-refractivity contribution in [2.24, 2.45) is 11.8 Å². The predicted molar refractivity (Wildman–Crippen MR) is 172 cm³/mol. The van der Waals surface area contributed by atoms with Gasteiger partial charge in [-0.1, -0.05) is 78.8 Å². The van der Waals surface area contributed by atoms with Crippen molar-refractivity contribution in [3.63, 3.8) is 0 Å². The predicted octanol–water partition coefficient (Wildman–Crippen LogP) is 6.08. The standard InChI is InChI=1S/C19H28N2O4.C7H13NO.C5H12O.C2H6/c1-8-12(3)10-11-16(13(4)9-2)18(23)20-14(5)17(22)21-15(6)19(24)25-7;1-7-2-4-8(6-9)5-3-7;1-5(2,3)6-4;1-2/h10-12H,5-6,8-9H2,1-4,7H3,(H,20,23)(H,21,22);6-7H,2-5H2,1H3;1-4H3;1-2H3/b11-10-,16-13?;;;/t12-;;;/m1.../s1. The molecular formula is C33H59N3O6. The number of hydrogen-bond acceptors (Lipinski definition) is 6. The normalized spacial score (nSPS) is 14.2. The molecule has 0 radical (unpaired) electrons. The van der Waals surface area contributed by atoms with Gasteiger partial charge in [-0.15, -0.1) is 0 Å². The Morgan fingerprint density at radius 3 is 1.86 bits per heavy atom. The molecule has 9 heteroatoms. The van der Waals surface area contributed by atoms with Crippen LogP contribution in [0.5, 0.6) is 0 Å². The molecule has 1 atom stereocenters. The highest BCUT2D eigenvalue weighted by Crippen LogP contribution is 2.14. The zero-order valence-electron chi connectivity index (χ0n) is 28.4. The molecule has 0 aromatic carbocycles. The summed E-state index contributed by atoms with van der Waals surface area (Å²) < 4.78 is 9.37. The van der Waals surface area contributed by atoms with Gasteiger partial charge in [-0.3, -0.25) is 14.4 Å². The van der Waals surface area contributed by atoms with E-state index in [-0.39, 0.29) is 17.0 Å². The van der Waals surface area contributed by atoms with Gasteiger partial charge in [-0.25, -0.2) is 4.79 Å². The van der Waals surface area contributed by atoms with Crippen LogP contribution in [0.4, 0.5) is 0 Å². The number of carbonyl (C=O) groups is 4. The smallest absolute Gasteiger partial charge is 0.353 e. The first-order valence-electron chi connectivity index (χ1n) is 14.8. The van der Waals surface area contributed by atoms with E-state index in [2.05, 4.69) is 49.3 Å². The molecule has 9 nitrogen and oxygen atoms in total. The van der Waals surface area contributed by atoms with Gasteiger partial charge in [-0.2, -0.15) is 0 Å². The molecule has 42 heavy (non-hydrogen) atoms. The van der Waals surface area contributed by atoms with E-state index in [0.717, 1.165) is 37.4 Å². The minimum absolute atomic E-state index is 0.0417. The highest BCUT2D eigenvalue weighted by Gasteiger charge is 2.17. The average molecular weight is 594 g/mol. The van der Waals surface area contributed by atoms with E-state index in [9.17, 15) is 19.2 Å². The molecule has 1 aliphatic heterocycles. The van der Waals surface area contributed by atoms with Crippen LogP contribution in [-0.2, 0) is 28.7 Å². The van der Waals surface area contributed by atoms with Crippen molar-refractivity contribution in [2.45, 2.75) is 101 Å². The molecule has 0 spiro atoms. The third-order valence-electron chi connectivity index (χ3n) is 6.28. The summed E-state index contributed by atoms with van der Waals surface area (Å²) in [4.78, 5) is 47.7.